The van der Waals surface area contributed by atoms with E-state index in [4.69, 9.17) is 5.73 Å². The summed E-state index contributed by atoms with van der Waals surface area (Å²) in [6, 6.07) is 6.16. The first-order chi connectivity index (χ1) is 12.1. The van der Waals surface area contributed by atoms with Crippen LogP contribution in [0.2, 0.25) is 0 Å². The second kappa shape index (κ2) is 8.16. The number of pyridine rings is 1. The van der Waals surface area contributed by atoms with Crippen LogP contribution in [0.1, 0.15) is 48.0 Å². The van der Waals surface area contributed by atoms with Gasteiger partial charge in [-0.25, -0.2) is 9.97 Å². The number of hydrogen-bond donors (Lipinski definition) is 1. The Bertz CT molecular complexity index is 711. The molecule has 6 heteroatoms. The lowest BCUT2D eigenvalue weighted by Gasteiger charge is -2.31. The van der Waals surface area contributed by atoms with Crippen molar-refractivity contribution in [3.63, 3.8) is 0 Å². The molecule has 0 aliphatic carbocycles. The zero-order valence-corrected chi connectivity index (χ0v) is 14.7. The molecular weight excluding hydrogens is 314 g/mol. The van der Waals surface area contributed by atoms with E-state index < -0.39 is 0 Å². The van der Waals surface area contributed by atoms with Crippen LogP contribution in [0, 0.1) is 6.92 Å². The maximum absolute atomic E-state index is 11.0. The maximum Gasteiger partial charge on any atom is 0.217 e. The van der Waals surface area contributed by atoms with Crippen LogP contribution in [0.5, 0.6) is 0 Å². The summed E-state index contributed by atoms with van der Waals surface area (Å²) in [4.78, 5) is 26.7. The summed E-state index contributed by atoms with van der Waals surface area (Å²) in [5.74, 6) is 0.940. The van der Waals surface area contributed by atoms with Crippen LogP contribution in [0.15, 0.2) is 30.6 Å². The fraction of sp³-hybridized carbons (Fsp3) is 0.474. The van der Waals surface area contributed by atoms with Crippen molar-refractivity contribution in [1.82, 2.24) is 19.9 Å². The number of likely N-dealkylation sites (tertiary alicyclic amines) is 1. The summed E-state index contributed by atoms with van der Waals surface area (Å²) in [5, 5.41) is 0. The Morgan fingerprint density at radius 1 is 1.32 bits per heavy atom. The molecule has 1 saturated heterocycles. The van der Waals surface area contributed by atoms with E-state index in [1.54, 1.807) is 0 Å². The maximum atomic E-state index is 11.0. The van der Waals surface area contributed by atoms with E-state index >= 15 is 0 Å². The number of aromatic nitrogens is 3. The molecule has 132 valence electrons. The fourth-order valence-electron chi connectivity index (χ4n) is 3.38. The Morgan fingerprint density at radius 3 is 2.80 bits per heavy atom. The van der Waals surface area contributed by atoms with Crippen molar-refractivity contribution in [2.75, 3.05) is 13.1 Å². The fourth-order valence-corrected chi connectivity index (χ4v) is 3.38. The van der Waals surface area contributed by atoms with Gasteiger partial charge in [-0.05, 0) is 57.0 Å². The number of amides is 1. The highest BCUT2D eigenvalue weighted by molar-refractivity contribution is 5.73. The van der Waals surface area contributed by atoms with Gasteiger partial charge < -0.3 is 5.73 Å². The zero-order chi connectivity index (χ0) is 17.6. The molecule has 0 bridgehead atoms. The third-order valence-electron chi connectivity index (χ3n) is 4.67. The summed E-state index contributed by atoms with van der Waals surface area (Å²) in [6.45, 7) is 4.97. The predicted molar refractivity (Wildman–Crippen MR) is 95.8 cm³/mol. The molecule has 0 radical (unpaired) electrons. The molecular formula is C19H25N5O. The average Bonchev–Trinajstić information content (AvgIpc) is 2.61. The summed E-state index contributed by atoms with van der Waals surface area (Å²) < 4.78 is 0. The molecule has 0 spiro atoms. The molecule has 3 heterocycles. The van der Waals surface area contributed by atoms with E-state index in [9.17, 15) is 4.79 Å². The minimum atomic E-state index is -0.290. The Morgan fingerprint density at radius 2 is 2.12 bits per heavy atom. The summed E-state index contributed by atoms with van der Waals surface area (Å²) in [6.07, 6.45) is 6.84. The van der Waals surface area contributed by atoms with Gasteiger partial charge in [0.1, 0.15) is 5.82 Å². The lowest BCUT2D eigenvalue weighted by Crippen LogP contribution is -2.32. The number of aryl methyl sites for hydroxylation is 2. The second-order valence-electron chi connectivity index (χ2n) is 6.71. The number of piperidine rings is 1. The van der Waals surface area contributed by atoms with E-state index in [0.717, 1.165) is 49.7 Å². The Hall–Kier alpha value is -2.34. The minimum Gasteiger partial charge on any atom is -0.370 e. The number of nitrogens with zero attached hydrogens (tertiary/aromatic N) is 4. The molecule has 1 fully saturated rings. The van der Waals surface area contributed by atoms with Crippen LogP contribution in [0.3, 0.4) is 0 Å². The highest BCUT2D eigenvalue weighted by atomic mass is 16.1. The molecule has 2 aromatic heterocycles. The third kappa shape index (κ3) is 5.06. The van der Waals surface area contributed by atoms with Crippen LogP contribution in [0.4, 0.5) is 0 Å². The first kappa shape index (κ1) is 17.5. The molecule has 1 amide bonds. The second-order valence-corrected chi connectivity index (χ2v) is 6.71. The van der Waals surface area contributed by atoms with E-state index in [1.807, 2.05) is 25.4 Å². The van der Waals surface area contributed by atoms with Crippen molar-refractivity contribution in [2.45, 2.75) is 45.1 Å². The van der Waals surface area contributed by atoms with Crippen LogP contribution < -0.4 is 5.73 Å². The molecule has 0 atom stereocenters. The summed E-state index contributed by atoms with van der Waals surface area (Å²) >= 11 is 0. The van der Waals surface area contributed by atoms with Gasteiger partial charge in [0.05, 0.1) is 0 Å². The van der Waals surface area contributed by atoms with Crippen molar-refractivity contribution in [1.29, 1.82) is 0 Å². The molecule has 2 aromatic rings. The number of primary amides is 1. The standard InChI is InChI=1S/C19H25N5O/c1-14-22-17(4-5-19(20)25)11-18(23-14)16-6-9-24(10-7-16)13-15-3-2-8-21-12-15/h2-3,8,11-12,16H,4-7,9-10,13H2,1H3,(H2,20,25). The van der Waals surface area contributed by atoms with Gasteiger partial charge in [-0.15, -0.1) is 0 Å². The highest BCUT2D eigenvalue weighted by Gasteiger charge is 2.22. The number of carbonyl (C=O) groups is 1. The summed E-state index contributed by atoms with van der Waals surface area (Å²) in [7, 11) is 0. The van der Waals surface area contributed by atoms with E-state index in [2.05, 4.69) is 32.0 Å². The van der Waals surface area contributed by atoms with E-state index in [-0.39, 0.29) is 5.91 Å². The van der Waals surface area contributed by atoms with Gasteiger partial charge in [-0.3, -0.25) is 14.7 Å². The molecule has 25 heavy (non-hydrogen) atoms. The molecule has 1 aliphatic rings. The minimum absolute atomic E-state index is 0.290. The quantitative estimate of drug-likeness (QED) is 0.870. The third-order valence-corrected chi connectivity index (χ3v) is 4.67. The van der Waals surface area contributed by atoms with Gasteiger partial charge in [-0.2, -0.15) is 0 Å². The first-order valence-corrected chi connectivity index (χ1v) is 8.84. The smallest absolute Gasteiger partial charge is 0.217 e. The number of carbonyl (C=O) groups excluding carboxylic acids is 1. The molecule has 0 aromatic carbocycles. The van der Waals surface area contributed by atoms with Crippen molar-refractivity contribution in [2.24, 2.45) is 5.73 Å². The van der Waals surface area contributed by atoms with Crippen LogP contribution >= 0.6 is 0 Å². The van der Waals surface area contributed by atoms with E-state index in [1.165, 1.54) is 5.56 Å². The lowest BCUT2D eigenvalue weighted by molar-refractivity contribution is -0.118. The molecule has 1 aliphatic heterocycles. The SMILES string of the molecule is Cc1nc(CCC(N)=O)cc(C2CCN(Cc3cccnc3)CC2)n1. The monoisotopic (exact) mass is 339 g/mol. The van der Waals surface area contributed by atoms with Gasteiger partial charge >= 0.3 is 0 Å². The van der Waals surface area contributed by atoms with E-state index in [0.29, 0.717) is 18.8 Å². The number of rotatable bonds is 6. The molecule has 0 saturated carbocycles. The topological polar surface area (TPSA) is 85.0 Å². The van der Waals surface area contributed by atoms with Gasteiger partial charge in [0.25, 0.3) is 0 Å². The first-order valence-electron chi connectivity index (χ1n) is 8.84. The average molecular weight is 339 g/mol. The molecule has 6 nitrogen and oxygen atoms in total. The Balaban J connectivity index is 1.59. The molecule has 3 rings (SSSR count). The summed E-state index contributed by atoms with van der Waals surface area (Å²) in [5.41, 5.74) is 8.52. The van der Waals surface area contributed by atoms with Crippen LogP contribution in [0.25, 0.3) is 0 Å². The van der Waals surface area contributed by atoms with Gasteiger partial charge in [-0.1, -0.05) is 6.07 Å². The highest BCUT2D eigenvalue weighted by Crippen LogP contribution is 2.28. The normalized spacial score (nSPS) is 16.0. The van der Waals surface area contributed by atoms with Crippen molar-refractivity contribution >= 4 is 5.91 Å². The lowest BCUT2D eigenvalue weighted by atomic mass is 9.92. The molecule has 2 N–H and O–H groups in total. The van der Waals surface area contributed by atoms with Crippen LogP contribution in [-0.4, -0.2) is 38.8 Å². The van der Waals surface area contributed by atoms with Gasteiger partial charge in [0.15, 0.2) is 0 Å². The van der Waals surface area contributed by atoms with Crippen molar-refractivity contribution in [3.8, 4) is 0 Å². The Kier molecular flexibility index (Phi) is 5.71. The zero-order valence-electron chi connectivity index (χ0n) is 14.7. The van der Waals surface area contributed by atoms with Crippen molar-refractivity contribution in [3.05, 3.63) is 53.4 Å². The molecule has 0 unspecified atom stereocenters. The largest absolute Gasteiger partial charge is 0.370 e. The predicted octanol–water partition coefficient (Wildman–Crippen LogP) is 1.98. The van der Waals surface area contributed by atoms with Crippen LogP contribution in [-0.2, 0) is 17.8 Å². The van der Waals surface area contributed by atoms with Gasteiger partial charge in [0, 0.05) is 42.7 Å². The van der Waals surface area contributed by atoms with Crippen molar-refractivity contribution < 1.29 is 4.79 Å². The number of hydrogen-bond acceptors (Lipinski definition) is 5. The van der Waals surface area contributed by atoms with Gasteiger partial charge in [0.2, 0.25) is 5.91 Å². The Labute approximate surface area is 148 Å². The number of nitrogens with two attached hydrogens (primary N) is 1.